The van der Waals surface area contributed by atoms with Gasteiger partial charge in [0.15, 0.2) is 0 Å². The van der Waals surface area contributed by atoms with Gasteiger partial charge >= 0.3 is 5.97 Å². The summed E-state index contributed by atoms with van der Waals surface area (Å²) in [6, 6.07) is 5.89. The van der Waals surface area contributed by atoms with Crippen LogP contribution in [0.15, 0.2) is 29.2 Å². The molecule has 0 aromatic heterocycles. The zero-order chi connectivity index (χ0) is 17.5. The highest BCUT2D eigenvalue weighted by Crippen LogP contribution is 2.16. The van der Waals surface area contributed by atoms with Crippen molar-refractivity contribution in [1.82, 2.24) is 4.31 Å². The van der Waals surface area contributed by atoms with Crippen LogP contribution in [0.4, 0.5) is 5.69 Å². The van der Waals surface area contributed by atoms with E-state index in [-0.39, 0.29) is 28.3 Å². The number of nitrogens with one attached hydrogen (secondary N) is 1. The van der Waals surface area contributed by atoms with Crippen LogP contribution in [-0.2, 0) is 24.3 Å². The summed E-state index contributed by atoms with van der Waals surface area (Å²) in [7, 11) is -0.586. The van der Waals surface area contributed by atoms with Crippen molar-refractivity contribution in [1.29, 1.82) is 0 Å². The summed E-state index contributed by atoms with van der Waals surface area (Å²) in [5, 5.41) is 2.64. The number of rotatable bonds is 8. The van der Waals surface area contributed by atoms with E-state index < -0.39 is 10.0 Å². The lowest BCUT2D eigenvalue weighted by Crippen LogP contribution is -2.22. The maximum atomic E-state index is 11.9. The molecule has 0 heterocycles. The Bertz CT molecular complexity index is 642. The molecule has 1 N–H and O–H groups in total. The number of carbonyl (C=O) groups excluding carboxylic acids is 2. The highest BCUT2D eigenvalue weighted by Gasteiger charge is 2.16. The number of amides is 1. The smallest absolute Gasteiger partial charge is 0.315 e. The number of thioether (sulfide) groups is 1. The summed E-state index contributed by atoms with van der Waals surface area (Å²) in [5.74, 6) is -0.413. The Morgan fingerprint density at radius 2 is 1.78 bits per heavy atom. The number of esters is 1. The van der Waals surface area contributed by atoms with Gasteiger partial charge in [0.25, 0.3) is 0 Å². The topological polar surface area (TPSA) is 92.8 Å². The van der Waals surface area contributed by atoms with Crippen LogP contribution in [0.5, 0.6) is 0 Å². The van der Waals surface area contributed by atoms with E-state index in [0.29, 0.717) is 12.3 Å². The van der Waals surface area contributed by atoms with Crippen molar-refractivity contribution in [2.75, 3.05) is 37.5 Å². The van der Waals surface area contributed by atoms with Crippen LogP contribution < -0.4 is 5.32 Å². The molecule has 7 nitrogen and oxygen atoms in total. The molecule has 0 bridgehead atoms. The number of nitrogens with zero attached hydrogens (tertiary/aromatic N) is 1. The SMILES string of the molecule is CCOC(=O)CSCC(=O)Nc1ccc(S(=O)(=O)N(C)C)cc1. The first-order valence-electron chi connectivity index (χ1n) is 6.83. The molecule has 23 heavy (non-hydrogen) atoms. The zero-order valence-electron chi connectivity index (χ0n) is 13.2. The highest BCUT2D eigenvalue weighted by atomic mass is 32.2. The van der Waals surface area contributed by atoms with Gasteiger partial charge in [-0.05, 0) is 31.2 Å². The second-order valence-electron chi connectivity index (χ2n) is 4.66. The van der Waals surface area contributed by atoms with E-state index >= 15 is 0 Å². The molecule has 1 aromatic carbocycles. The van der Waals surface area contributed by atoms with E-state index in [1.54, 1.807) is 6.92 Å². The van der Waals surface area contributed by atoms with E-state index in [9.17, 15) is 18.0 Å². The number of anilines is 1. The fraction of sp³-hybridized carbons (Fsp3) is 0.429. The monoisotopic (exact) mass is 360 g/mol. The number of ether oxygens (including phenoxy) is 1. The summed E-state index contributed by atoms with van der Waals surface area (Å²) in [5.41, 5.74) is 0.490. The third-order valence-electron chi connectivity index (χ3n) is 2.68. The highest BCUT2D eigenvalue weighted by molar-refractivity contribution is 8.00. The molecule has 1 rings (SSSR count). The Morgan fingerprint density at radius 1 is 1.17 bits per heavy atom. The third kappa shape index (κ3) is 6.20. The summed E-state index contributed by atoms with van der Waals surface area (Å²) >= 11 is 1.15. The standard InChI is InChI=1S/C14H20N2O5S2/c1-4-21-14(18)10-22-9-13(17)15-11-5-7-12(8-6-11)23(19,20)16(2)3/h5-8H,4,9-10H2,1-3H3,(H,15,17). The second kappa shape index (κ2) is 8.90. The normalized spacial score (nSPS) is 11.3. The van der Waals surface area contributed by atoms with E-state index in [0.717, 1.165) is 16.1 Å². The summed E-state index contributed by atoms with van der Waals surface area (Å²) in [6.45, 7) is 2.03. The minimum atomic E-state index is -3.49. The Hall–Kier alpha value is -1.58. The van der Waals surface area contributed by atoms with E-state index in [1.807, 2.05) is 0 Å². The average molecular weight is 360 g/mol. The predicted octanol–water partition coefficient (Wildman–Crippen LogP) is 1.17. The maximum absolute atomic E-state index is 11.9. The molecule has 128 valence electrons. The quantitative estimate of drug-likeness (QED) is 0.700. The van der Waals surface area contributed by atoms with Crippen LogP contribution in [0.1, 0.15) is 6.92 Å². The van der Waals surface area contributed by atoms with Gasteiger partial charge in [-0.1, -0.05) is 0 Å². The van der Waals surface area contributed by atoms with Crippen molar-refractivity contribution in [2.24, 2.45) is 0 Å². The summed E-state index contributed by atoms with van der Waals surface area (Å²) < 4.78 is 29.7. The second-order valence-corrected chi connectivity index (χ2v) is 7.80. The largest absolute Gasteiger partial charge is 0.465 e. The Kier molecular flexibility index (Phi) is 7.53. The Morgan fingerprint density at radius 3 is 2.30 bits per heavy atom. The van der Waals surface area contributed by atoms with Gasteiger partial charge in [0.05, 0.1) is 23.0 Å². The molecule has 0 radical (unpaired) electrons. The van der Waals surface area contributed by atoms with Gasteiger partial charge in [-0.3, -0.25) is 9.59 Å². The number of carbonyl (C=O) groups is 2. The lowest BCUT2D eigenvalue weighted by Gasteiger charge is -2.12. The Labute approximate surface area is 140 Å². The van der Waals surface area contributed by atoms with Gasteiger partial charge < -0.3 is 10.1 Å². The molecule has 1 amide bonds. The molecule has 0 fully saturated rings. The number of benzene rings is 1. The van der Waals surface area contributed by atoms with Crippen molar-refractivity contribution in [3.63, 3.8) is 0 Å². The average Bonchev–Trinajstić information content (AvgIpc) is 2.48. The fourth-order valence-corrected chi connectivity index (χ4v) is 3.06. The van der Waals surface area contributed by atoms with Crippen molar-refractivity contribution in [3.05, 3.63) is 24.3 Å². The lowest BCUT2D eigenvalue weighted by molar-refractivity contribution is -0.139. The molecule has 0 aliphatic heterocycles. The van der Waals surface area contributed by atoms with Gasteiger partial charge in [0.1, 0.15) is 0 Å². The molecule has 0 saturated heterocycles. The third-order valence-corrected chi connectivity index (χ3v) is 5.41. The molecule has 0 atom stereocenters. The van der Waals surface area contributed by atoms with E-state index in [4.69, 9.17) is 4.74 Å². The molecular weight excluding hydrogens is 340 g/mol. The molecule has 0 saturated carbocycles. The van der Waals surface area contributed by atoms with Crippen molar-refractivity contribution < 1.29 is 22.7 Å². The van der Waals surface area contributed by atoms with E-state index in [1.165, 1.54) is 38.4 Å². The maximum Gasteiger partial charge on any atom is 0.315 e. The van der Waals surface area contributed by atoms with Gasteiger partial charge in [-0.25, -0.2) is 12.7 Å². The van der Waals surface area contributed by atoms with Crippen LogP contribution in [-0.4, -0.2) is 56.8 Å². The molecule has 0 spiro atoms. The van der Waals surface area contributed by atoms with Gasteiger partial charge in [0.2, 0.25) is 15.9 Å². The molecule has 0 aliphatic carbocycles. The van der Waals surface area contributed by atoms with Crippen LogP contribution >= 0.6 is 11.8 Å². The number of hydrogen-bond acceptors (Lipinski definition) is 6. The van der Waals surface area contributed by atoms with E-state index in [2.05, 4.69) is 5.32 Å². The fourth-order valence-electron chi connectivity index (χ4n) is 1.55. The molecular formula is C14H20N2O5S2. The van der Waals surface area contributed by atoms with Crippen molar-refractivity contribution in [3.8, 4) is 0 Å². The Balaban J connectivity index is 2.52. The molecule has 9 heteroatoms. The molecule has 1 aromatic rings. The number of hydrogen-bond donors (Lipinski definition) is 1. The van der Waals surface area contributed by atoms with Gasteiger partial charge in [0, 0.05) is 19.8 Å². The summed E-state index contributed by atoms with van der Waals surface area (Å²) in [4.78, 5) is 23.0. The first-order valence-corrected chi connectivity index (χ1v) is 9.42. The van der Waals surface area contributed by atoms with Crippen LogP contribution in [0.2, 0.25) is 0 Å². The lowest BCUT2D eigenvalue weighted by atomic mass is 10.3. The van der Waals surface area contributed by atoms with Crippen LogP contribution in [0, 0.1) is 0 Å². The zero-order valence-corrected chi connectivity index (χ0v) is 14.9. The van der Waals surface area contributed by atoms with Crippen LogP contribution in [0.25, 0.3) is 0 Å². The van der Waals surface area contributed by atoms with Gasteiger partial charge in [-0.2, -0.15) is 0 Å². The molecule has 0 unspecified atom stereocenters. The number of sulfonamides is 1. The minimum Gasteiger partial charge on any atom is -0.465 e. The summed E-state index contributed by atoms with van der Waals surface area (Å²) in [6.07, 6.45) is 0. The molecule has 0 aliphatic rings. The first kappa shape index (κ1) is 19.5. The van der Waals surface area contributed by atoms with Crippen LogP contribution in [0.3, 0.4) is 0 Å². The minimum absolute atomic E-state index is 0.108. The first-order chi connectivity index (χ1) is 10.8. The predicted molar refractivity (Wildman–Crippen MR) is 89.9 cm³/mol. The van der Waals surface area contributed by atoms with Crippen molar-refractivity contribution >= 4 is 39.3 Å². The van der Waals surface area contributed by atoms with Gasteiger partial charge in [-0.15, -0.1) is 11.8 Å². The van der Waals surface area contributed by atoms with Crippen molar-refractivity contribution in [2.45, 2.75) is 11.8 Å².